The number of carbonyl (C=O) groups is 1. The molecule has 142 valence electrons. The van der Waals surface area contributed by atoms with E-state index in [0.717, 1.165) is 28.6 Å². The molecule has 1 amide bonds. The summed E-state index contributed by atoms with van der Waals surface area (Å²) in [6, 6.07) is 0. The molecular weight excluding hydrogens is 348 g/mol. The summed E-state index contributed by atoms with van der Waals surface area (Å²) >= 11 is 1.63. The van der Waals surface area contributed by atoms with E-state index in [1.54, 1.807) is 24.0 Å². The van der Waals surface area contributed by atoms with Crippen molar-refractivity contribution in [3.63, 3.8) is 0 Å². The summed E-state index contributed by atoms with van der Waals surface area (Å²) in [6.45, 7) is 12.3. The topological polar surface area (TPSA) is 84.7 Å². The fourth-order valence-corrected chi connectivity index (χ4v) is 3.00. The second-order valence-electron chi connectivity index (χ2n) is 6.69. The van der Waals surface area contributed by atoms with Crippen LogP contribution in [0.2, 0.25) is 0 Å². The monoisotopic (exact) mass is 376 g/mol. The van der Waals surface area contributed by atoms with Crippen LogP contribution in [-0.2, 0) is 11.3 Å². The summed E-state index contributed by atoms with van der Waals surface area (Å²) in [5.41, 5.74) is 0.787. The fourth-order valence-electron chi connectivity index (χ4n) is 2.29. The van der Waals surface area contributed by atoms with Gasteiger partial charge in [-0.25, -0.2) is 14.6 Å². The number of aromatic nitrogens is 4. The number of nitrogens with zero attached hydrogens (tertiary/aromatic N) is 4. The highest BCUT2D eigenvalue weighted by atomic mass is 32.2. The molecule has 7 nitrogen and oxygen atoms in total. The zero-order chi connectivity index (χ0) is 19.1. The molecule has 2 N–H and O–H groups in total. The van der Waals surface area contributed by atoms with E-state index < -0.39 is 0 Å². The third kappa shape index (κ3) is 5.72. The van der Waals surface area contributed by atoms with Crippen LogP contribution in [0, 0.1) is 5.92 Å². The van der Waals surface area contributed by atoms with Gasteiger partial charge in [-0.2, -0.15) is 5.10 Å². The highest BCUT2D eigenvalue weighted by Gasteiger charge is 2.14. The van der Waals surface area contributed by atoms with Crippen molar-refractivity contribution >= 4 is 34.5 Å². The lowest BCUT2D eigenvalue weighted by molar-refractivity contribution is -0.116. The molecule has 0 fully saturated rings. The lowest BCUT2D eigenvalue weighted by Crippen LogP contribution is -2.25. The minimum atomic E-state index is -0.103. The first kappa shape index (κ1) is 20.2. The summed E-state index contributed by atoms with van der Waals surface area (Å²) in [4.78, 5) is 20.9. The van der Waals surface area contributed by atoms with Crippen LogP contribution >= 0.6 is 11.8 Å². The molecule has 26 heavy (non-hydrogen) atoms. The predicted molar refractivity (Wildman–Crippen MR) is 107 cm³/mol. The Morgan fingerprint density at radius 2 is 2.08 bits per heavy atom. The van der Waals surface area contributed by atoms with E-state index in [4.69, 9.17) is 0 Å². The van der Waals surface area contributed by atoms with E-state index in [2.05, 4.69) is 53.4 Å². The molecule has 0 saturated heterocycles. The highest BCUT2D eigenvalue weighted by molar-refractivity contribution is 7.99. The first-order chi connectivity index (χ1) is 12.4. The van der Waals surface area contributed by atoms with E-state index in [9.17, 15) is 4.79 Å². The molecule has 0 atom stereocenters. The van der Waals surface area contributed by atoms with E-state index in [1.807, 2.05) is 11.6 Å². The van der Waals surface area contributed by atoms with Gasteiger partial charge < -0.3 is 10.6 Å². The number of thioether (sulfide) groups is 1. The number of hydrogen-bond acceptors (Lipinski definition) is 6. The number of amides is 1. The lowest BCUT2D eigenvalue weighted by atomic mass is 10.2. The SMILES string of the molecule is C/C=C\C(=O)NCCn1ncc2c(NCC(C)C)nc(SC(C)C)nc21. The molecule has 0 bridgehead atoms. The molecule has 0 spiro atoms. The Kier molecular flexibility index (Phi) is 7.44. The second-order valence-corrected chi connectivity index (χ2v) is 8.24. The van der Waals surface area contributed by atoms with Crippen molar-refractivity contribution in [3.05, 3.63) is 18.3 Å². The minimum absolute atomic E-state index is 0.103. The van der Waals surface area contributed by atoms with Gasteiger partial charge in [0.25, 0.3) is 0 Å². The molecule has 2 aromatic rings. The van der Waals surface area contributed by atoms with Gasteiger partial charge in [0, 0.05) is 18.3 Å². The van der Waals surface area contributed by atoms with Crippen LogP contribution in [0.1, 0.15) is 34.6 Å². The molecule has 0 radical (unpaired) electrons. The molecule has 8 heteroatoms. The van der Waals surface area contributed by atoms with E-state index in [0.29, 0.717) is 24.3 Å². The van der Waals surface area contributed by atoms with Crippen LogP contribution in [-0.4, -0.2) is 44.0 Å². The predicted octanol–water partition coefficient (Wildman–Crippen LogP) is 3.09. The summed E-state index contributed by atoms with van der Waals surface area (Å²) in [5.74, 6) is 1.23. The van der Waals surface area contributed by atoms with Crippen molar-refractivity contribution in [2.45, 2.75) is 51.6 Å². The molecule has 2 aromatic heterocycles. The minimum Gasteiger partial charge on any atom is -0.369 e. The summed E-state index contributed by atoms with van der Waals surface area (Å²) in [6.07, 6.45) is 5.01. The average Bonchev–Trinajstić information content (AvgIpc) is 2.95. The van der Waals surface area contributed by atoms with Crippen molar-refractivity contribution in [1.29, 1.82) is 0 Å². The van der Waals surface area contributed by atoms with Crippen molar-refractivity contribution in [2.24, 2.45) is 5.92 Å². The van der Waals surface area contributed by atoms with Crippen molar-refractivity contribution in [2.75, 3.05) is 18.4 Å². The number of fused-ring (bicyclic) bond motifs is 1. The molecule has 2 rings (SSSR count). The van der Waals surface area contributed by atoms with Gasteiger partial charge in [-0.3, -0.25) is 4.79 Å². The van der Waals surface area contributed by atoms with Crippen LogP contribution in [0.4, 0.5) is 5.82 Å². The van der Waals surface area contributed by atoms with Crippen LogP contribution in [0.15, 0.2) is 23.5 Å². The van der Waals surface area contributed by atoms with Crippen LogP contribution in [0.5, 0.6) is 0 Å². The number of nitrogens with one attached hydrogen (secondary N) is 2. The van der Waals surface area contributed by atoms with Gasteiger partial charge in [-0.15, -0.1) is 0 Å². The molecule has 0 aliphatic heterocycles. The molecular formula is C18H28N6OS. The number of hydrogen-bond donors (Lipinski definition) is 2. The quantitative estimate of drug-likeness (QED) is 0.397. The number of rotatable bonds is 9. The van der Waals surface area contributed by atoms with Gasteiger partial charge in [0.15, 0.2) is 10.8 Å². The Balaban J connectivity index is 2.25. The second kappa shape index (κ2) is 9.56. The van der Waals surface area contributed by atoms with Gasteiger partial charge in [0.1, 0.15) is 5.82 Å². The van der Waals surface area contributed by atoms with Gasteiger partial charge in [-0.05, 0) is 18.9 Å². The third-order valence-corrected chi connectivity index (χ3v) is 4.30. The smallest absolute Gasteiger partial charge is 0.243 e. The van der Waals surface area contributed by atoms with E-state index in [-0.39, 0.29) is 5.91 Å². The highest BCUT2D eigenvalue weighted by Crippen LogP contribution is 2.26. The maximum Gasteiger partial charge on any atom is 0.243 e. The zero-order valence-electron chi connectivity index (χ0n) is 16.1. The Morgan fingerprint density at radius 1 is 1.31 bits per heavy atom. The fraction of sp³-hybridized carbons (Fsp3) is 0.556. The molecule has 2 heterocycles. The Hall–Kier alpha value is -2.09. The zero-order valence-corrected chi connectivity index (χ0v) is 16.9. The van der Waals surface area contributed by atoms with Crippen molar-refractivity contribution in [3.8, 4) is 0 Å². The third-order valence-electron chi connectivity index (χ3n) is 3.44. The van der Waals surface area contributed by atoms with Crippen molar-refractivity contribution < 1.29 is 4.79 Å². The summed E-state index contributed by atoms with van der Waals surface area (Å²) < 4.78 is 1.82. The molecule has 0 aliphatic rings. The molecule has 0 aliphatic carbocycles. The summed E-state index contributed by atoms with van der Waals surface area (Å²) in [7, 11) is 0. The Bertz CT molecular complexity index is 768. The van der Waals surface area contributed by atoms with Crippen LogP contribution in [0.25, 0.3) is 11.0 Å². The van der Waals surface area contributed by atoms with Gasteiger partial charge in [0.2, 0.25) is 5.91 Å². The average molecular weight is 377 g/mol. The Labute approximate surface area is 159 Å². The Morgan fingerprint density at radius 3 is 2.73 bits per heavy atom. The summed E-state index contributed by atoms with van der Waals surface area (Å²) in [5, 5.41) is 12.7. The number of carbonyl (C=O) groups excluding carboxylic acids is 1. The standard InChI is InChI=1S/C18H28N6OS/c1-6-7-15(25)19-8-9-24-17-14(11-21-24)16(20-10-12(2)3)22-18(23-17)26-13(4)5/h6-7,11-13H,8-10H2,1-5H3,(H,19,25)(H,20,22,23)/b7-6-. The van der Waals surface area contributed by atoms with Gasteiger partial charge >= 0.3 is 0 Å². The largest absolute Gasteiger partial charge is 0.369 e. The molecule has 0 saturated carbocycles. The number of anilines is 1. The van der Waals surface area contributed by atoms with Crippen LogP contribution in [0.3, 0.4) is 0 Å². The first-order valence-corrected chi connectivity index (χ1v) is 9.83. The first-order valence-electron chi connectivity index (χ1n) is 8.95. The maximum atomic E-state index is 11.5. The number of allylic oxidation sites excluding steroid dienone is 1. The molecule has 0 unspecified atom stereocenters. The van der Waals surface area contributed by atoms with Gasteiger partial charge in [0.05, 0.1) is 18.1 Å². The normalized spacial score (nSPS) is 11.8. The molecule has 0 aromatic carbocycles. The van der Waals surface area contributed by atoms with Crippen LogP contribution < -0.4 is 10.6 Å². The van der Waals surface area contributed by atoms with Crippen molar-refractivity contribution in [1.82, 2.24) is 25.1 Å². The lowest BCUT2D eigenvalue weighted by Gasteiger charge is -2.12. The maximum absolute atomic E-state index is 11.5. The van der Waals surface area contributed by atoms with E-state index >= 15 is 0 Å². The van der Waals surface area contributed by atoms with Gasteiger partial charge in [-0.1, -0.05) is 45.5 Å². The van der Waals surface area contributed by atoms with E-state index in [1.165, 1.54) is 6.08 Å².